The quantitative estimate of drug-likeness (QED) is 0.606. The van der Waals surface area contributed by atoms with Crippen molar-refractivity contribution in [3.05, 3.63) is 41.1 Å². The standard InChI is InChI=1S/C20H30N2O2/c1-3-4-5-9-19(24)22-18(20(21-2)16-7-6-8-16)14-15-10-12-17(23)13-11-15/h10-13,18,21,23H,3-9,14H2,1-2H3,(H,22,24). The smallest absolute Gasteiger partial charge is 0.220 e. The molecular formula is C20H30N2O2. The summed E-state index contributed by atoms with van der Waals surface area (Å²) in [7, 11) is 1.94. The zero-order chi connectivity index (χ0) is 17.4. The highest BCUT2D eigenvalue weighted by Gasteiger charge is 2.23. The fraction of sp³-hybridized carbons (Fsp3) is 0.550. The Bertz CT molecular complexity index is 558. The Morgan fingerprint density at radius 3 is 2.46 bits per heavy atom. The molecule has 0 aliphatic heterocycles. The largest absolute Gasteiger partial charge is 0.508 e. The van der Waals surface area contributed by atoms with Gasteiger partial charge in [-0.25, -0.2) is 0 Å². The van der Waals surface area contributed by atoms with Gasteiger partial charge < -0.3 is 15.7 Å². The molecule has 1 aliphatic rings. The van der Waals surface area contributed by atoms with Crippen LogP contribution in [-0.2, 0) is 11.2 Å². The highest BCUT2D eigenvalue weighted by molar-refractivity contribution is 5.76. The first-order chi connectivity index (χ1) is 11.6. The van der Waals surface area contributed by atoms with Crippen molar-refractivity contribution < 1.29 is 9.90 Å². The van der Waals surface area contributed by atoms with Crippen LogP contribution in [0.1, 0.15) is 57.4 Å². The predicted molar refractivity (Wildman–Crippen MR) is 97.8 cm³/mol. The molecule has 1 unspecified atom stereocenters. The van der Waals surface area contributed by atoms with Crippen LogP contribution in [-0.4, -0.2) is 24.1 Å². The Balaban J connectivity index is 2.08. The minimum Gasteiger partial charge on any atom is -0.508 e. The van der Waals surface area contributed by atoms with Gasteiger partial charge in [0.25, 0.3) is 0 Å². The summed E-state index contributed by atoms with van der Waals surface area (Å²) in [4.78, 5) is 12.3. The van der Waals surface area contributed by atoms with Crippen molar-refractivity contribution in [2.45, 2.75) is 64.3 Å². The number of carbonyl (C=O) groups excluding carboxylic acids is 1. The maximum absolute atomic E-state index is 12.3. The molecule has 4 nitrogen and oxygen atoms in total. The van der Waals surface area contributed by atoms with Crippen molar-refractivity contribution in [1.82, 2.24) is 10.6 Å². The van der Waals surface area contributed by atoms with Gasteiger partial charge in [0.1, 0.15) is 5.75 Å². The van der Waals surface area contributed by atoms with E-state index in [4.69, 9.17) is 0 Å². The van der Waals surface area contributed by atoms with Crippen LogP contribution >= 0.6 is 0 Å². The lowest BCUT2D eigenvalue weighted by atomic mass is 9.87. The monoisotopic (exact) mass is 330 g/mol. The summed E-state index contributed by atoms with van der Waals surface area (Å²) >= 11 is 0. The van der Waals surface area contributed by atoms with E-state index >= 15 is 0 Å². The van der Waals surface area contributed by atoms with E-state index in [2.05, 4.69) is 17.6 Å². The lowest BCUT2D eigenvalue weighted by Gasteiger charge is -2.29. The summed E-state index contributed by atoms with van der Waals surface area (Å²) in [6.45, 7) is 2.14. The highest BCUT2D eigenvalue weighted by atomic mass is 16.3. The van der Waals surface area contributed by atoms with Crippen molar-refractivity contribution in [2.75, 3.05) is 7.05 Å². The van der Waals surface area contributed by atoms with Gasteiger partial charge in [-0.3, -0.25) is 4.79 Å². The van der Waals surface area contributed by atoms with Crippen LogP contribution in [0.3, 0.4) is 0 Å². The zero-order valence-electron chi connectivity index (χ0n) is 14.9. The molecule has 3 N–H and O–H groups in total. The summed E-state index contributed by atoms with van der Waals surface area (Å²) in [6, 6.07) is 7.22. The predicted octanol–water partition coefficient (Wildman–Crippen LogP) is 3.66. The molecule has 1 amide bonds. The Labute approximate surface area is 145 Å². The number of aromatic hydroxyl groups is 1. The van der Waals surface area contributed by atoms with Crippen LogP contribution in [0.4, 0.5) is 0 Å². The van der Waals surface area contributed by atoms with E-state index in [1.807, 2.05) is 19.2 Å². The maximum Gasteiger partial charge on any atom is 0.220 e. The van der Waals surface area contributed by atoms with Gasteiger partial charge in [-0.1, -0.05) is 31.9 Å². The van der Waals surface area contributed by atoms with Gasteiger partial charge in [0.05, 0.1) is 6.04 Å². The minimum absolute atomic E-state index is 0.0241. The average Bonchev–Trinajstić information content (AvgIpc) is 2.52. The molecule has 2 rings (SSSR count). The van der Waals surface area contributed by atoms with E-state index in [-0.39, 0.29) is 17.7 Å². The van der Waals surface area contributed by atoms with E-state index in [1.165, 1.54) is 12.0 Å². The first-order valence-corrected chi connectivity index (χ1v) is 9.11. The Hall–Kier alpha value is -1.97. The number of phenols is 1. The van der Waals surface area contributed by atoms with E-state index in [1.54, 1.807) is 12.1 Å². The second-order valence-electron chi connectivity index (χ2n) is 6.57. The number of benzene rings is 1. The molecular weight excluding hydrogens is 300 g/mol. The minimum atomic E-state index is -0.0241. The average molecular weight is 330 g/mol. The van der Waals surface area contributed by atoms with Crippen molar-refractivity contribution in [3.63, 3.8) is 0 Å². The van der Waals surface area contributed by atoms with Crippen molar-refractivity contribution >= 4 is 5.91 Å². The molecule has 1 atom stereocenters. The van der Waals surface area contributed by atoms with Gasteiger partial charge in [0, 0.05) is 19.2 Å². The second-order valence-corrected chi connectivity index (χ2v) is 6.57. The number of likely N-dealkylation sites (N-methyl/N-ethyl adjacent to an activating group) is 1. The molecule has 1 saturated carbocycles. The SMILES string of the molecule is CCCCCC(=O)NC(Cc1ccc(O)cc1)C(NC)=C1CCC1. The van der Waals surface area contributed by atoms with Crippen molar-refractivity contribution in [3.8, 4) is 5.75 Å². The van der Waals surface area contributed by atoms with Crippen LogP contribution in [0, 0.1) is 0 Å². The zero-order valence-corrected chi connectivity index (χ0v) is 14.9. The van der Waals surface area contributed by atoms with Crippen LogP contribution in [0.2, 0.25) is 0 Å². The normalized spacial score (nSPS) is 14.7. The second kappa shape index (κ2) is 9.36. The summed E-state index contributed by atoms with van der Waals surface area (Å²) in [5.41, 5.74) is 3.70. The number of phenolic OH excluding ortho intramolecular Hbond substituents is 1. The molecule has 1 aromatic rings. The molecule has 1 fully saturated rings. The van der Waals surface area contributed by atoms with E-state index in [9.17, 15) is 9.90 Å². The van der Waals surface area contributed by atoms with Gasteiger partial charge >= 0.3 is 0 Å². The fourth-order valence-electron chi connectivity index (χ4n) is 3.12. The maximum atomic E-state index is 12.3. The summed E-state index contributed by atoms with van der Waals surface area (Å²) in [6.07, 6.45) is 7.95. The summed E-state index contributed by atoms with van der Waals surface area (Å²) in [5, 5.41) is 16.0. The summed E-state index contributed by atoms with van der Waals surface area (Å²) in [5.74, 6) is 0.394. The number of hydrogen-bond acceptors (Lipinski definition) is 3. The third kappa shape index (κ3) is 5.29. The number of rotatable bonds is 9. The molecule has 0 saturated heterocycles. The van der Waals surface area contributed by atoms with Crippen LogP contribution in [0.5, 0.6) is 5.75 Å². The van der Waals surface area contributed by atoms with Gasteiger partial charge in [0.2, 0.25) is 5.91 Å². The van der Waals surface area contributed by atoms with Gasteiger partial charge in [-0.05, 0) is 55.4 Å². The van der Waals surface area contributed by atoms with Crippen LogP contribution in [0.25, 0.3) is 0 Å². The molecule has 1 aliphatic carbocycles. The number of hydrogen-bond donors (Lipinski definition) is 3. The van der Waals surface area contributed by atoms with E-state index in [0.717, 1.165) is 49.8 Å². The highest BCUT2D eigenvalue weighted by Crippen LogP contribution is 2.29. The van der Waals surface area contributed by atoms with Crippen molar-refractivity contribution in [2.24, 2.45) is 0 Å². The molecule has 0 spiro atoms. The molecule has 0 heterocycles. The van der Waals surface area contributed by atoms with Gasteiger partial charge in [0.15, 0.2) is 0 Å². The Morgan fingerprint density at radius 1 is 1.21 bits per heavy atom. The molecule has 24 heavy (non-hydrogen) atoms. The summed E-state index contributed by atoms with van der Waals surface area (Å²) < 4.78 is 0. The molecule has 0 radical (unpaired) electrons. The molecule has 0 aromatic heterocycles. The Morgan fingerprint density at radius 2 is 1.92 bits per heavy atom. The van der Waals surface area contributed by atoms with Crippen LogP contribution < -0.4 is 10.6 Å². The molecule has 132 valence electrons. The van der Waals surface area contributed by atoms with Gasteiger partial charge in [-0.2, -0.15) is 0 Å². The van der Waals surface area contributed by atoms with E-state index in [0.29, 0.717) is 6.42 Å². The lowest BCUT2D eigenvalue weighted by Crippen LogP contribution is -2.42. The Kier molecular flexibility index (Phi) is 7.16. The molecule has 0 bridgehead atoms. The third-order valence-corrected chi connectivity index (χ3v) is 4.67. The van der Waals surface area contributed by atoms with E-state index < -0.39 is 0 Å². The third-order valence-electron chi connectivity index (χ3n) is 4.67. The number of nitrogens with one attached hydrogen (secondary N) is 2. The number of allylic oxidation sites excluding steroid dienone is 1. The number of carbonyl (C=O) groups is 1. The fourth-order valence-corrected chi connectivity index (χ4v) is 3.12. The number of unbranched alkanes of at least 4 members (excludes halogenated alkanes) is 2. The number of amides is 1. The first-order valence-electron chi connectivity index (χ1n) is 9.11. The van der Waals surface area contributed by atoms with Gasteiger partial charge in [-0.15, -0.1) is 0 Å². The van der Waals surface area contributed by atoms with Crippen LogP contribution in [0.15, 0.2) is 35.5 Å². The molecule has 1 aromatic carbocycles. The molecule has 4 heteroatoms. The lowest BCUT2D eigenvalue weighted by molar-refractivity contribution is -0.121. The first kappa shape index (κ1) is 18.4. The topological polar surface area (TPSA) is 61.4 Å². The van der Waals surface area contributed by atoms with Crippen molar-refractivity contribution in [1.29, 1.82) is 0 Å².